The number of hydrogen-bond donors (Lipinski definition) is 1. The monoisotopic (exact) mass is 292 g/mol. The van der Waals surface area contributed by atoms with Crippen LogP contribution in [-0.2, 0) is 16.1 Å². The number of benzene rings is 1. The number of amides is 1. The van der Waals surface area contributed by atoms with Crippen LogP contribution in [0.3, 0.4) is 0 Å². The van der Waals surface area contributed by atoms with Gasteiger partial charge in [0.1, 0.15) is 5.75 Å². The second-order valence-electron chi connectivity index (χ2n) is 5.49. The molecule has 5 heteroatoms. The summed E-state index contributed by atoms with van der Waals surface area (Å²) < 4.78 is 10.5. The summed E-state index contributed by atoms with van der Waals surface area (Å²) in [6.45, 7) is 3.40. The summed E-state index contributed by atoms with van der Waals surface area (Å²) in [7, 11) is 5.17. The number of rotatable bonds is 6. The Labute approximate surface area is 126 Å². The van der Waals surface area contributed by atoms with Gasteiger partial charge in [-0.25, -0.2) is 0 Å². The zero-order valence-corrected chi connectivity index (χ0v) is 13.2. The molecule has 116 valence electrons. The summed E-state index contributed by atoms with van der Waals surface area (Å²) in [5, 5.41) is 3.41. The first-order valence-corrected chi connectivity index (χ1v) is 7.23. The highest BCUT2D eigenvalue weighted by Crippen LogP contribution is 2.25. The molecule has 1 N–H and O–H groups in total. The number of likely N-dealkylation sites (tertiary alicyclic amines) is 1. The first-order chi connectivity index (χ1) is 10.1. The highest BCUT2D eigenvalue weighted by molar-refractivity contribution is 5.83. The smallest absolute Gasteiger partial charge is 0.239 e. The molecular weight excluding hydrogens is 268 g/mol. The lowest BCUT2D eigenvalue weighted by molar-refractivity contribution is -0.128. The van der Waals surface area contributed by atoms with Crippen molar-refractivity contribution < 1.29 is 14.3 Å². The first-order valence-electron chi connectivity index (χ1n) is 7.23. The SMILES string of the molecule is COCc1cc(C(C)NC2CCN(C)C2=O)ccc1OC. The van der Waals surface area contributed by atoms with Gasteiger partial charge in [-0.3, -0.25) is 10.1 Å². The first kappa shape index (κ1) is 15.8. The fourth-order valence-electron chi connectivity index (χ4n) is 2.71. The van der Waals surface area contributed by atoms with Crippen LogP contribution >= 0.6 is 0 Å². The normalized spacial score (nSPS) is 19.9. The Morgan fingerprint density at radius 3 is 2.76 bits per heavy atom. The zero-order valence-electron chi connectivity index (χ0n) is 13.2. The van der Waals surface area contributed by atoms with Gasteiger partial charge in [0.2, 0.25) is 5.91 Å². The van der Waals surface area contributed by atoms with E-state index in [9.17, 15) is 4.79 Å². The van der Waals surface area contributed by atoms with Crippen LogP contribution in [0.2, 0.25) is 0 Å². The van der Waals surface area contributed by atoms with Crippen molar-refractivity contribution >= 4 is 5.91 Å². The van der Waals surface area contributed by atoms with Gasteiger partial charge in [-0.2, -0.15) is 0 Å². The molecule has 0 spiro atoms. The van der Waals surface area contributed by atoms with E-state index in [1.165, 1.54) is 0 Å². The lowest BCUT2D eigenvalue weighted by Gasteiger charge is -2.20. The van der Waals surface area contributed by atoms with Crippen molar-refractivity contribution in [3.63, 3.8) is 0 Å². The molecule has 1 aliphatic heterocycles. The summed E-state index contributed by atoms with van der Waals surface area (Å²) in [4.78, 5) is 13.7. The molecule has 2 rings (SSSR count). The van der Waals surface area contributed by atoms with E-state index in [0.29, 0.717) is 6.61 Å². The second-order valence-corrected chi connectivity index (χ2v) is 5.49. The molecule has 0 radical (unpaired) electrons. The van der Waals surface area contributed by atoms with Crippen molar-refractivity contribution in [3.05, 3.63) is 29.3 Å². The molecule has 21 heavy (non-hydrogen) atoms. The molecule has 1 saturated heterocycles. The number of nitrogens with one attached hydrogen (secondary N) is 1. The van der Waals surface area contributed by atoms with E-state index in [2.05, 4.69) is 18.3 Å². The Morgan fingerprint density at radius 1 is 1.43 bits per heavy atom. The summed E-state index contributed by atoms with van der Waals surface area (Å²) in [6, 6.07) is 6.07. The Kier molecular flexibility index (Phi) is 5.20. The van der Waals surface area contributed by atoms with Crippen LogP contribution in [0.5, 0.6) is 5.75 Å². The summed E-state index contributed by atoms with van der Waals surface area (Å²) in [5.41, 5.74) is 2.14. The van der Waals surface area contributed by atoms with E-state index in [1.54, 1.807) is 19.1 Å². The van der Waals surface area contributed by atoms with Crippen molar-refractivity contribution in [1.82, 2.24) is 10.2 Å². The number of carbonyl (C=O) groups is 1. The number of nitrogens with zero attached hydrogens (tertiary/aromatic N) is 1. The molecule has 2 atom stereocenters. The summed E-state index contributed by atoms with van der Waals surface area (Å²) in [5.74, 6) is 0.997. The van der Waals surface area contributed by atoms with Crippen LogP contribution in [0.4, 0.5) is 0 Å². The van der Waals surface area contributed by atoms with Gasteiger partial charge in [0.25, 0.3) is 0 Å². The third kappa shape index (κ3) is 3.54. The minimum absolute atomic E-state index is 0.0852. The standard InChI is InChI=1S/C16H24N2O3/c1-11(17-14-7-8-18(2)16(14)19)12-5-6-15(21-4)13(9-12)10-20-3/h5-6,9,11,14,17H,7-8,10H2,1-4H3. The second kappa shape index (κ2) is 6.91. The molecule has 1 aliphatic rings. The van der Waals surface area contributed by atoms with Gasteiger partial charge < -0.3 is 14.4 Å². The highest BCUT2D eigenvalue weighted by atomic mass is 16.5. The maximum Gasteiger partial charge on any atom is 0.239 e. The summed E-state index contributed by atoms with van der Waals surface area (Å²) in [6.07, 6.45) is 0.862. The fourth-order valence-corrected chi connectivity index (χ4v) is 2.71. The minimum atomic E-state index is -0.0852. The Hall–Kier alpha value is -1.59. The van der Waals surface area contributed by atoms with Crippen molar-refractivity contribution in [2.75, 3.05) is 27.8 Å². The number of carbonyl (C=O) groups excluding carboxylic acids is 1. The van der Waals surface area contributed by atoms with E-state index in [1.807, 2.05) is 19.2 Å². The van der Waals surface area contributed by atoms with Gasteiger partial charge in [0.05, 0.1) is 19.8 Å². The van der Waals surface area contributed by atoms with Crippen molar-refractivity contribution in [2.45, 2.75) is 32.0 Å². The number of ether oxygens (including phenoxy) is 2. The Bertz CT molecular complexity index is 504. The molecular formula is C16H24N2O3. The molecule has 5 nitrogen and oxygen atoms in total. The molecule has 0 saturated carbocycles. The van der Waals surface area contributed by atoms with Crippen LogP contribution in [-0.4, -0.2) is 44.7 Å². The van der Waals surface area contributed by atoms with Gasteiger partial charge in [0.15, 0.2) is 0 Å². The largest absolute Gasteiger partial charge is 0.496 e. The van der Waals surface area contributed by atoms with Gasteiger partial charge >= 0.3 is 0 Å². The maximum absolute atomic E-state index is 12.0. The molecule has 0 aromatic heterocycles. The maximum atomic E-state index is 12.0. The molecule has 1 fully saturated rings. The summed E-state index contributed by atoms with van der Waals surface area (Å²) >= 11 is 0. The van der Waals surface area contributed by atoms with E-state index in [-0.39, 0.29) is 18.0 Å². The molecule has 2 unspecified atom stereocenters. The molecule has 1 aromatic rings. The van der Waals surface area contributed by atoms with Crippen LogP contribution < -0.4 is 10.1 Å². The van der Waals surface area contributed by atoms with Gasteiger partial charge in [-0.1, -0.05) is 6.07 Å². The van der Waals surface area contributed by atoms with Gasteiger partial charge in [0, 0.05) is 32.3 Å². The lowest BCUT2D eigenvalue weighted by atomic mass is 10.0. The lowest BCUT2D eigenvalue weighted by Crippen LogP contribution is -2.38. The number of hydrogen-bond acceptors (Lipinski definition) is 4. The molecule has 0 aliphatic carbocycles. The predicted molar refractivity (Wildman–Crippen MR) is 81.3 cm³/mol. The Morgan fingerprint density at radius 2 is 2.19 bits per heavy atom. The quantitative estimate of drug-likeness (QED) is 0.867. The third-order valence-corrected chi connectivity index (χ3v) is 3.98. The Balaban J connectivity index is 2.10. The third-order valence-electron chi connectivity index (χ3n) is 3.98. The van der Waals surface area contributed by atoms with Crippen LogP contribution in [0, 0.1) is 0 Å². The average molecular weight is 292 g/mol. The van der Waals surface area contributed by atoms with E-state index in [4.69, 9.17) is 9.47 Å². The van der Waals surface area contributed by atoms with E-state index in [0.717, 1.165) is 29.8 Å². The predicted octanol–water partition coefficient (Wildman–Crippen LogP) is 1.72. The topological polar surface area (TPSA) is 50.8 Å². The molecule has 0 bridgehead atoms. The van der Waals surface area contributed by atoms with Gasteiger partial charge in [-0.15, -0.1) is 0 Å². The van der Waals surface area contributed by atoms with E-state index < -0.39 is 0 Å². The van der Waals surface area contributed by atoms with Crippen molar-refractivity contribution in [2.24, 2.45) is 0 Å². The highest BCUT2D eigenvalue weighted by Gasteiger charge is 2.30. The molecule has 1 amide bonds. The van der Waals surface area contributed by atoms with Crippen LogP contribution in [0.25, 0.3) is 0 Å². The number of methoxy groups -OCH3 is 2. The molecule has 1 heterocycles. The van der Waals surface area contributed by atoms with Gasteiger partial charge in [-0.05, 0) is 31.0 Å². The average Bonchev–Trinajstić information content (AvgIpc) is 2.79. The van der Waals surface area contributed by atoms with E-state index >= 15 is 0 Å². The minimum Gasteiger partial charge on any atom is -0.496 e. The van der Waals surface area contributed by atoms with Crippen LogP contribution in [0.1, 0.15) is 30.5 Å². The molecule has 1 aromatic carbocycles. The fraction of sp³-hybridized carbons (Fsp3) is 0.562. The van der Waals surface area contributed by atoms with Crippen molar-refractivity contribution in [3.8, 4) is 5.75 Å². The van der Waals surface area contributed by atoms with Crippen LogP contribution in [0.15, 0.2) is 18.2 Å². The van der Waals surface area contributed by atoms with Crippen molar-refractivity contribution in [1.29, 1.82) is 0 Å². The number of likely N-dealkylation sites (N-methyl/N-ethyl adjacent to an activating group) is 1. The zero-order chi connectivity index (χ0) is 15.4.